The molecule has 0 saturated carbocycles. The molecule has 30 heavy (non-hydrogen) atoms. The van der Waals surface area contributed by atoms with Crippen LogP contribution in [0.25, 0.3) is 0 Å². The highest BCUT2D eigenvalue weighted by atomic mass is 32.2. The van der Waals surface area contributed by atoms with Crippen molar-refractivity contribution in [3.05, 3.63) is 54.1 Å². The minimum absolute atomic E-state index is 0.0842. The van der Waals surface area contributed by atoms with Crippen molar-refractivity contribution in [3.63, 3.8) is 0 Å². The van der Waals surface area contributed by atoms with Crippen LogP contribution in [0.4, 0.5) is 5.69 Å². The molecule has 2 rings (SSSR count). The van der Waals surface area contributed by atoms with Gasteiger partial charge in [-0.15, -0.1) is 0 Å². The molecule has 0 bridgehead atoms. The maximum atomic E-state index is 12.7. The van der Waals surface area contributed by atoms with E-state index in [1.165, 1.54) is 0 Å². The fourth-order valence-corrected chi connectivity index (χ4v) is 4.13. The average molecular weight is 435 g/mol. The van der Waals surface area contributed by atoms with Crippen LogP contribution < -0.4 is 19.1 Å². The number of nitrogens with one attached hydrogen (secondary N) is 1. The van der Waals surface area contributed by atoms with Crippen LogP contribution in [0.15, 0.2) is 48.5 Å². The fraction of sp³-hybridized carbons (Fsp3) is 0.409. The molecule has 1 N–H and O–H groups in total. The second-order valence-electron chi connectivity index (χ2n) is 7.19. The molecule has 2 aromatic carbocycles. The number of hydrogen-bond acceptors (Lipinski definition) is 5. The zero-order valence-electron chi connectivity index (χ0n) is 18.1. The third kappa shape index (κ3) is 6.66. The van der Waals surface area contributed by atoms with E-state index < -0.39 is 22.0 Å². The van der Waals surface area contributed by atoms with Crippen LogP contribution in [0.1, 0.15) is 33.3 Å². The third-order valence-electron chi connectivity index (χ3n) is 4.25. The van der Waals surface area contributed by atoms with Gasteiger partial charge >= 0.3 is 0 Å². The zero-order chi connectivity index (χ0) is 22.3. The van der Waals surface area contributed by atoms with E-state index >= 15 is 0 Å². The number of nitrogens with zero attached hydrogens (tertiary/aromatic N) is 1. The van der Waals surface area contributed by atoms with E-state index in [0.29, 0.717) is 18.0 Å². The van der Waals surface area contributed by atoms with Crippen molar-refractivity contribution in [2.45, 2.75) is 46.4 Å². The van der Waals surface area contributed by atoms with Gasteiger partial charge in [-0.1, -0.05) is 12.1 Å². The second-order valence-corrected chi connectivity index (χ2v) is 9.05. The van der Waals surface area contributed by atoms with Gasteiger partial charge in [0.2, 0.25) is 15.9 Å². The third-order valence-corrected chi connectivity index (χ3v) is 5.49. The summed E-state index contributed by atoms with van der Waals surface area (Å²) in [6.45, 7) is 8.13. The van der Waals surface area contributed by atoms with Crippen molar-refractivity contribution in [1.29, 1.82) is 0 Å². The number of anilines is 1. The van der Waals surface area contributed by atoms with E-state index in [4.69, 9.17) is 9.47 Å². The summed E-state index contributed by atoms with van der Waals surface area (Å²) in [5, 5.41) is 2.80. The molecule has 0 fully saturated rings. The number of rotatable bonds is 10. The molecule has 0 aliphatic rings. The van der Waals surface area contributed by atoms with E-state index in [1.54, 1.807) is 31.2 Å². The van der Waals surface area contributed by atoms with Crippen molar-refractivity contribution in [2.75, 3.05) is 17.2 Å². The first-order valence-corrected chi connectivity index (χ1v) is 11.7. The first kappa shape index (κ1) is 23.5. The Morgan fingerprint density at radius 3 is 2.07 bits per heavy atom. The fourth-order valence-electron chi connectivity index (χ4n) is 2.96. The SMILES string of the molecule is CCOc1ccc(N([C@@H](C)C(=O)NCc2ccc(OC(C)C)cc2)S(C)(=O)=O)cc1. The van der Waals surface area contributed by atoms with Crippen molar-refractivity contribution in [2.24, 2.45) is 0 Å². The summed E-state index contributed by atoms with van der Waals surface area (Å²) in [6, 6.07) is 13.1. The smallest absolute Gasteiger partial charge is 0.243 e. The minimum atomic E-state index is -3.67. The van der Waals surface area contributed by atoms with Crippen LogP contribution >= 0.6 is 0 Å². The van der Waals surface area contributed by atoms with Gasteiger partial charge in [0.1, 0.15) is 17.5 Å². The predicted molar refractivity (Wildman–Crippen MR) is 118 cm³/mol. The molecule has 0 aromatic heterocycles. The standard InChI is InChI=1S/C22H30N2O5S/c1-6-28-20-13-9-19(10-14-20)24(30(5,26)27)17(4)22(25)23-15-18-7-11-21(12-8-18)29-16(2)3/h7-14,16-17H,6,15H2,1-5H3,(H,23,25)/t17-/m0/s1. The van der Waals surface area contributed by atoms with E-state index in [0.717, 1.165) is 21.9 Å². The van der Waals surface area contributed by atoms with Gasteiger partial charge in [0.25, 0.3) is 0 Å². The molecule has 164 valence electrons. The van der Waals surface area contributed by atoms with E-state index in [9.17, 15) is 13.2 Å². The maximum Gasteiger partial charge on any atom is 0.243 e. The van der Waals surface area contributed by atoms with Crippen molar-refractivity contribution < 1.29 is 22.7 Å². The number of benzene rings is 2. The molecule has 1 amide bonds. The van der Waals surface area contributed by atoms with Gasteiger partial charge in [-0.05, 0) is 69.7 Å². The Morgan fingerprint density at radius 1 is 1.00 bits per heavy atom. The first-order chi connectivity index (χ1) is 14.1. The van der Waals surface area contributed by atoms with Crippen LogP contribution in [-0.4, -0.2) is 39.3 Å². The Hall–Kier alpha value is -2.74. The summed E-state index contributed by atoms with van der Waals surface area (Å²) in [5.41, 5.74) is 1.29. The number of sulfonamides is 1. The lowest BCUT2D eigenvalue weighted by Gasteiger charge is -2.28. The van der Waals surface area contributed by atoms with Gasteiger partial charge in [0, 0.05) is 6.54 Å². The number of carbonyl (C=O) groups is 1. The lowest BCUT2D eigenvalue weighted by atomic mass is 10.2. The number of amides is 1. The molecular weight excluding hydrogens is 404 g/mol. The topological polar surface area (TPSA) is 84.9 Å². The molecule has 0 heterocycles. The summed E-state index contributed by atoms with van der Waals surface area (Å²) in [6.07, 6.45) is 1.17. The summed E-state index contributed by atoms with van der Waals surface area (Å²) in [5.74, 6) is 1.00. The zero-order valence-corrected chi connectivity index (χ0v) is 18.9. The molecule has 1 atom stereocenters. The molecule has 8 heteroatoms. The van der Waals surface area contributed by atoms with Crippen LogP contribution in [0, 0.1) is 0 Å². The Bertz CT molecular complexity index is 925. The highest BCUT2D eigenvalue weighted by molar-refractivity contribution is 7.92. The van der Waals surface area contributed by atoms with Gasteiger partial charge in [-0.2, -0.15) is 0 Å². The molecule has 0 unspecified atom stereocenters. The highest BCUT2D eigenvalue weighted by Crippen LogP contribution is 2.24. The van der Waals surface area contributed by atoms with Gasteiger partial charge in [-0.3, -0.25) is 9.10 Å². The van der Waals surface area contributed by atoms with Gasteiger partial charge in [0.15, 0.2) is 0 Å². The van der Waals surface area contributed by atoms with Gasteiger partial charge in [0.05, 0.1) is 24.7 Å². The Morgan fingerprint density at radius 2 is 1.57 bits per heavy atom. The molecule has 0 aliphatic heterocycles. The largest absolute Gasteiger partial charge is 0.494 e. The number of hydrogen-bond donors (Lipinski definition) is 1. The number of ether oxygens (including phenoxy) is 2. The van der Waals surface area contributed by atoms with Crippen LogP contribution in [0.2, 0.25) is 0 Å². The van der Waals surface area contributed by atoms with E-state index in [-0.39, 0.29) is 12.6 Å². The summed E-state index contributed by atoms with van der Waals surface area (Å²) in [7, 11) is -3.67. The first-order valence-electron chi connectivity index (χ1n) is 9.87. The van der Waals surface area contributed by atoms with Gasteiger partial charge in [-0.25, -0.2) is 8.42 Å². The highest BCUT2D eigenvalue weighted by Gasteiger charge is 2.29. The normalized spacial score (nSPS) is 12.3. The minimum Gasteiger partial charge on any atom is -0.494 e. The molecule has 0 radical (unpaired) electrons. The number of carbonyl (C=O) groups excluding carboxylic acids is 1. The monoisotopic (exact) mass is 434 g/mol. The van der Waals surface area contributed by atoms with Crippen molar-refractivity contribution >= 4 is 21.6 Å². The molecule has 2 aromatic rings. The summed E-state index contributed by atoms with van der Waals surface area (Å²) < 4.78 is 36.9. The summed E-state index contributed by atoms with van der Waals surface area (Å²) in [4.78, 5) is 12.7. The van der Waals surface area contributed by atoms with Crippen LogP contribution in [0.5, 0.6) is 11.5 Å². The summed E-state index contributed by atoms with van der Waals surface area (Å²) >= 11 is 0. The van der Waals surface area contributed by atoms with E-state index in [2.05, 4.69) is 5.32 Å². The molecule has 0 spiro atoms. The molecule has 0 saturated heterocycles. The lowest BCUT2D eigenvalue weighted by molar-refractivity contribution is -0.122. The predicted octanol–water partition coefficient (Wildman–Crippen LogP) is 3.34. The molecule has 7 nitrogen and oxygen atoms in total. The molecular formula is C22H30N2O5S. The van der Waals surface area contributed by atoms with Crippen molar-refractivity contribution in [3.8, 4) is 11.5 Å². The average Bonchev–Trinajstić information content (AvgIpc) is 2.67. The van der Waals surface area contributed by atoms with Crippen LogP contribution in [0.3, 0.4) is 0 Å². The van der Waals surface area contributed by atoms with E-state index in [1.807, 2.05) is 45.0 Å². The van der Waals surface area contributed by atoms with Crippen molar-refractivity contribution in [1.82, 2.24) is 5.32 Å². The lowest BCUT2D eigenvalue weighted by Crippen LogP contribution is -2.47. The van der Waals surface area contributed by atoms with Gasteiger partial charge < -0.3 is 14.8 Å². The Balaban J connectivity index is 2.08. The molecule has 0 aliphatic carbocycles. The Labute approximate surface area is 179 Å². The van der Waals surface area contributed by atoms with Crippen LogP contribution in [-0.2, 0) is 21.4 Å². The second kappa shape index (κ2) is 10.3. The Kier molecular flexibility index (Phi) is 8.11. The quantitative estimate of drug-likeness (QED) is 0.620. The maximum absolute atomic E-state index is 12.7.